The van der Waals surface area contributed by atoms with Gasteiger partial charge in [0.05, 0.1) is 19.6 Å². The molecule has 1 aromatic carbocycles. The second-order valence-electron chi connectivity index (χ2n) is 7.66. The van der Waals surface area contributed by atoms with Gasteiger partial charge in [-0.1, -0.05) is 39.0 Å². The molecule has 2 atom stereocenters. The van der Waals surface area contributed by atoms with Gasteiger partial charge in [0.2, 0.25) is 5.91 Å². The molecule has 1 amide bonds. The molecule has 27 heavy (non-hydrogen) atoms. The van der Waals surface area contributed by atoms with Crippen molar-refractivity contribution in [3.05, 3.63) is 30.3 Å². The molecule has 0 aliphatic rings. The predicted molar refractivity (Wildman–Crippen MR) is 104 cm³/mol. The summed E-state index contributed by atoms with van der Waals surface area (Å²) in [5.74, 6) is -2.14. The molecule has 0 spiro atoms. The Balaban J connectivity index is 3.12. The summed E-state index contributed by atoms with van der Waals surface area (Å²) in [4.78, 5) is 37.8. The Kier molecular flexibility index (Phi) is 8.43. The fourth-order valence-electron chi connectivity index (χ4n) is 2.62. The smallest absolute Gasteiger partial charge is 0.328 e. The average molecular weight is 378 g/mol. The molecule has 1 aromatic rings. The van der Waals surface area contributed by atoms with Gasteiger partial charge in [-0.3, -0.25) is 14.5 Å². The number of aliphatic carboxylic acids is 1. The second-order valence-corrected chi connectivity index (χ2v) is 7.66. The van der Waals surface area contributed by atoms with Gasteiger partial charge in [0.1, 0.15) is 6.04 Å². The molecule has 0 saturated heterocycles. The third kappa shape index (κ3) is 7.38. The Morgan fingerprint density at radius 2 is 1.78 bits per heavy atom. The summed E-state index contributed by atoms with van der Waals surface area (Å²) < 4.78 is 4.78. The van der Waals surface area contributed by atoms with Gasteiger partial charge < -0.3 is 15.2 Å². The number of hydrogen-bond donors (Lipinski definition) is 2. The summed E-state index contributed by atoms with van der Waals surface area (Å²) in [7, 11) is 1.25. The van der Waals surface area contributed by atoms with Crippen LogP contribution in [0.4, 0.5) is 5.69 Å². The maximum absolute atomic E-state index is 13.2. The molecule has 0 bridgehead atoms. The number of nitrogens with one attached hydrogen (secondary N) is 1. The van der Waals surface area contributed by atoms with Gasteiger partial charge in [-0.2, -0.15) is 0 Å². The number of amides is 1. The summed E-state index contributed by atoms with van der Waals surface area (Å²) >= 11 is 0. The van der Waals surface area contributed by atoms with E-state index in [0.717, 1.165) is 6.42 Å². The standard InChI is InChI=1S/C20H30N2O5/c1-14(19(26)27-5)22(15-9-7-6-8-10-15)18(25)16(13-17(23)24)21-12-11-20(2,3)4/h6-10,14,16,21H,11-13H2,1-5H3,(H,23,24)/t14-,16-/m0/s1. The van der Waals surface area contributed by atoms with Crippen molar-refractivity contribution >= 4 is 23.5 Å². The summed E-state index contributed by atoms with van der Waals surface area (Å²) in [5, 5.41) is 12.3. The maximum atomic E-state index is 13.2. The minimum absolute atomic E-state index is 0.0439. The van der Waals surface area contributed by atoms with Gasteiger partial charge in [-0.05, 0) is 37.4 Å². The molecular formula is C20H30N2O5. The summed E-state index contributed by atoms with van der Waals surface area (Å²) in [6.45, 7) is 8.25. The number of benzene rings is 1. The molecule has 7 nitrogen and oxygen atoms in total. The van der Waals surface area contributed by atoms with E-state index in [-0.39, 0.29) is 11.8 Å². The van der Waals surface area contributed by atoms with Crippen LogP contribution in [0, 0.1) is 5.41 Å². The Hall–Kier alpha value is -2.41. The lowest BCUT2D eigenvalue weighted by Gasteiger charge is -2.31. The number of carboxylic acid groups (broad SMARTS) is 1. The van der Waals surface area contributed by atoms with Gasteiger partial charge in [0, 0.05) is 5.69 Å². The number of carbonyl (C=O) groups excluding carboxylic acids is 2. The molecule has 7 heteroatoms. The van der Waals surface area contributed by atoms with Gasteiger partial charge in [0.15, 0.2) is 0 Å². The van der Waals surface area contributed by atoms with Gasteiger partial charge >= 0.3 is 11.9 Å². The van der Waals surface area contributed by atoms with E-state index in [9.17, 15) is 19.5 Å². The molecule has 150 valence electrons. The first-order chi connectivity index (χ1) is 12.6. The van der Waals surface area contributed by atoms with Crippen molar-refractivity contribution in [2.24, 2.45) is 5.41 Å². The SMILES string of the molecule is COC(=O)[C@H](C)N(C(=O)[C@H](CC(=O)O)NCCC(C)(C)C)c1ccccc1. The summed E-state index contributed by atoms with van der Waals surface area (Å²) in [6.07, 6.45) is 0.397. The van der Waals surface area contributed by atoms with Crippen LogP contribution in [0.15, 0.2) is 30.3 Å². The van der Waals surface area contributed by atoms with Crippen LogP contribution < -0.4 is 10.2 Å². The van der Waals surface area contributed by atoms with Crippen molar-refractivity contribution in [1.29, 1.82) is 0 Å². The topological polar surface area (TPSA) is 95.9 Å². The lowest BCUT2D eigenvalue weighted by Crippen LogP contribution is -2.53. The molecule has 0 aromatic heterocycles. The number of para-hydroxylation sites is 1. The lowest BCUT2D eigenvalue weighted by molar-refractivity contribution is -0.143. The molecule has 0 unspecified atom stereocenters. The number of carbonyl (C=O) groups is 3. The van der Waals surface area contributed by atoms with Crippen LogP contribution in [-0.4, -0.2) is 48.7 Å². The third-order valence-electron chi connectivity index (χ3n) is 4.14. The Bertz CT molecular complexity index is 640. The highest BCUT2D eigenvalue weighted by Gasteiger charge is 2.33. The lowest BCUT2D eigenvalue weighted by atomic mass is 9.92. The van der Waals surface area contributed by atoms with E-state index in [1.807, 2.05) is 0 Å². The fraction of sp³-hybridized carbons (Fsp3) is 0.550. The first-order valence-electron chi connectivity index (χ1n) is 8.98. The minimum atomic E-state index is -1.09. The van der Waals surface area contributed by atoms with Crippen molar-refractivity contribution in [1.82, 2.24) is 5.32 Å². The quantitative estimate of drug-likeness (QED) is 0.641. The average Bonchev–Trinajstić information content (AvgIpc) is 2.59. The van der Waals surface area contributed by atoms with Crippen LogP contribution in [0.2, 0.25) is 0 Å². The van der Waals surface area contributed by atoms with E-state index in [2.05, 4.69) is 26.1 Å². The Labute approximate surface area is 160 Å². The zero-order valence-corrected chi connectivity index (χ0v) is 16.7. The highest BCUT2D eigenvalue weighted by Crippen LogP contribution is 2.21. The van der Waals surface area contributed by atoms with Crippen LogP contribution in [-0.2, 0) is 19.1 Å². The molecule has 0 aliphatic heterocycles. The monoisotopic (exact) mass is 378 g/mol. The second kappa shape index (κ2) is 10.1. The summed E-state index contributed by atoms with van der Waals surface area (Å²) in [6, 6.07) is 6.86. The molecule has 0 radical (unpaired) electrons. The van der Waals surface area contributed by atoms with E-state index in [1.54, 1.807) is 37.3 Å². The zero-order valence-electron chi connectivity index (χ0n) is 16.7. The van der Waals surface area contributed by atoms with Crippen LogP contribution in [0.1, 0.15) is 40.5 Å². The molecule has 1 rings (SSSR count). The molecule has 2 N–H and O–H groups in total. The van der Waals surface area contributed by atoms with Crippen molar-refractivity contribution < 1.29 is 24.2 Å². The number of esters is 1. The van der Waals surface area contributed by atoms with Crippen LogP contribution in [0.5, 0.6) is 0 Å². The molecule has 0 saturated carbocycles. The third-order valence-corrected chi connectivity index (χ3v) is 4.14. The number of anilines is 1. The Morgan fingerprint density at radius 1 is 1.19 bits per heavy atom. The summed E-state index contributed by atoms with van der Waals surface area (Å²) in [5.41, 5.74) is 0.552. The van der Waals surface area contributed by atoms with Crippen molar-refractivity contribution in [2.75, 3.05) is 18.6 Å². The first-order valence-corrected chi connectivity index (χ1v) is 8.98. The maximum Gasteiger partial charge on any atom is 0.328 e. The van der Waals surface area contributed by atoms with E-state index >= 15 is 0 Å². The number of carboxylic acids is 1. The zero-order chi connectivity index (χ0) is 20.6. The predicted octanol–water partition coefficient (Wildman–Crippen LogP) is 2.45. The van der Waals surface area contributed by atoms with E-state index in [4.69, 9.17) is 4.74 Å². The minimum Gasteiger partial charge on any atom is -0.481 e. The Morgan fingerprint density at radius 3 is 2.26 bits per heavy atom. The van der Waals surface area contributed by atoms with Crippen molar-refractivity contribution in [3.63, 3.8) is 0 Å². The molecule has 0 fully saturated rings. The van der Waals surface area contributed by atoms with Gasteiger partial charge in [0.25, 0.3) is 0 Å². The van der Waals surface area contributed by atoms with E-state index in [0.29, 0.717) is 12.2 Å². The number of methoxy groups -OCH3 is 1. The number of ether oxygens (including phenoxy) is 1. The highest BCUT2D eigenvalue weighted by molar-refractivity contribution is 6.03. The number of hydrogen-bond acceptors (Lipinski definition) is 5. The molecular weight excluding hydrogens is 348 g/mol. The normalized spacial score (nSPS) is 13.5. The van der Waals surface area contributed by atoms with Crippen molar-refractivity contribution in [3.8, 4) is 0 Å². The number of rotatable bonds is 9. The largest absolute Gasteiger partial charge is 0.481 e. The van der Waals surface area contributed by atoms with Gasteiger partial charge in [-0.15, -0.1) is 0 Å². The van der Waals surface area contributed by atoms with Gasteiger partial charge in [-0.25, -0.2) is 4.79 Å². The molecule has 0 aliphatic carbocycles. The number of nitrogens with zero attached hydrogens (tertiary/aromatic N) is 1. The van der Waals surface area contributed by atoms with Crippen LogP contribution >= 0.6 is 0 Å². The van der Waals surface area contributed by atoms with E-state index in [1.165, 1.54) is 12.0 Å². The molecule has 0 heterocycles. The van der Waals surface area contributed by atoms with Crippen LogP contribution in [0.3, 0.4) is 0 Å². The fourth-order valence-corrected chi connectivity index (χ4v) is 2.62. The first kappa shape index (κ1) is 22.6. The van der Waals surface area contributed by atoms with Crippen molar-refractivity contribution in [2.45, 2.75) is 52.6 Å². The highest BCUT2D eigenvalue weighted by atomic mass is 16.5. The van der Waals surface area contributed by atoms with E-state index < -0.39 is 29.9 Å². The van der Waals surface area contributed by atoms with Crippen LogP contribution in [0.25, 0.3) is 0 Å².